The van der Waals surface area contributed by atoms with E-state index in [1.54, 1.807) is 84.1 Å². The number of nitrogens with zero attached hydrogens (tertiary/aromatic N) is 10. The molecule has 0 atom stereocenters. The molecular formula is C40H42N10O8. The number of aromatic nitrogens is 6. The standard InChI is InChI=1S/C21H23N5O4.C19H19N5O4/c1-13-18(14(2)30-23-13)12-24-11-16(9-22-24)26-19(28)21(3,4)25(20(26)29)10-15-6-5-7-17(27)8-15;1-12-17(13(2)28-21-12)10-23-9-15(7-20-23)24-18(26)11-22(19(24)27)8-14-4-3-5-16(25)6-14/h5-9,11,27H,10,12H2,1-4H3;3-7,9,25H,8,10-11H2,1-2H3. The van der Waals surface area contributed by atoms with Crippen LogP contribution >= 0.6 is 0 Å². The van der Waals surface area contributed by atoms with Crippen molar-refractivity contribution in [2.45, 2.75) is 73.3 Å². The fourth-order valence-corrected chi connectivity index (χ4v) is 6.86. The third kappa shape index (κ3) is 7.63. The topological polar surface area (TPSA) is 209 Å². The van der Waals surface area contributed by atoms with E-state index in [0.717, 1.165) is 43.4 Å². The van der Waals surface area contributed by atoms with Gasteiger partial charge in [-0.25, -0.2) is 19.4 Å². The predicted molar refractivity (Wildman–Crippen MR) is 207 cm³/mol. The van der Waals surface area contributed by atoms with Crippen molar-refractivity contribution in [3.63, 3.8) is 0 Å². The van der Waals surface area contributed by atoms with Crippen LogP contribution in [0.2, 0.25) is 0 Å². The maximum Gasteiger partial charge on any atom is 0.332 e. The van der Waals surface area contributed by atoms with Crippen molar-refractivity contribution in [3.05, 3.63) is 118 Å². The summed E-state index contributed by atoms with van der Waals surface area (Å²) in [7, 11) is 0. The van der Waals surface area contributed by atoms with Crippen molar-refractivity contribution < 1.29 is 38.4 Å². The van der Waals surface area contributed by atoms with Gasteiger partial charge in [-0.15, -0.1) is 0 Å². The number of carbonyl (C=O) groups excluding carboxylic acids is 4. The van der Waals surface area contributed by atoms with Gasteiger partial charge in [0.05, 0.1) is 48.2 Å². The van der Waals surface area contributed by atoms with E-state index >= 15 is 0 Å². The number of urea groups is 2. The van der Waals surface area contributed by atoms with Gasteiger partial charge in [0.15, 0.2) is 0 Å². The SMILES string of the molecule is Cc1noc(C)c1Cn1cc(N2C(=O)CN(Cc3cccc(O)c3)C2=O)cn1.Cc1noc(C)c1Cn1cc(N2C(=O)N(Cc3cccc(O)c3)C(C)(C)C2=O)cn1. The van der Waals surface area contributed by atoms with E-state index in [9.17, 15) is 29.4 Å². The molecule has 2 N–H and O–H groups in total. The number of carbonyl (C=O) groups is 4. The average Bonchev–Trinajstić information content (AvgIpc) is 4.03. The number of rotatable bonds is 10. The zero-order chi connectivity index (χ0) is 41.5. The van der Waals surface area contributed by atoms with Gasteiger partial charge in [0, 0.05) is 36.6 Å². The van der Waals surface area contributed by atoms with E-state index in [-0.39, 0.29) is 42.9 Å². The van der Waals surface area contributed by atoms with Crippen molar-refractivity contribution in [2.24, 2.45) is 0 Å². The van der Waals surface area contributed by atoms with Gasteiger partial charge in [-0.05, 0) is 76.9 Å². The highest BCUT2D eigenvalue weighted by Gasteiger charge is 2.52. The molecule has 0 aliphatic carbocycles. The van der Waals surface area contributed by atoms with Crippen LogP contribution in [0.3, 0.4) is 0 Å². The van der Waals surface area contributed by atoms with Gasteiger partial charge < -0.3 is 29.1 Å². The molecule has 2 aromatic carbocycles. The molecule has 6 amide bonds. The monoisotopic (exact) mass is 790 g/mol. The van der Waals surface area contributed by atoms with Crippen LogP contribution in [-0.4, -0.2) is 85.8 Å². The fourth-order valence-electron chi connectivity index (χ4n) is 6.86. The molecule has 0 radical (unpaired) electrons. The van der Waals surface area contributed by atoms with E-state index in [1.807, 2.05) is 27.7 Å². The largest absolute Gasteiger partial charge is 0.508 e. The molecule has 58 heavy (non-hydrogen) atoms. The second-order valence-electron chi connectivity index (χ2n) is 14.7. The lowest BCUT2D eigenvalue weighted by Gasteiger charge is -2.27. The van der Waals surface area contributed by atoms with E-state index in [1.165, 1.54) is 22.2 Å². The Balaban J connectivity index is 0.000000177. The summed E-state index contributed by atoms with van der Waals surface area (Å²) in [4.78, 5) is 56.6. The number of imide groups is 2. The smallest absolute Gasteiger partial charge is 0.332 e. The fraction of sp³-hybridized carbons (Fsp3) is 0.300. The zero-order valence-electron chi connectivity index (χ0n) is 32.8. The van der Waals surface area contributed by atoms with Gasteiger partial charge in [-0.3, -0.25) is 19.0 Å². The number of benzene rings is 2. The van der Waals surface area contributed by atoms with Crippen LogP contribution in [0.5, 0.6) is 11.5 Å². The Kier molecular flexibility index (Phi) is 10.3. The highest BCUT2D eigenvalue weighted by atomic mass is 16.5. The lowest BCUT2D eigenvalue weighted by Crippen LogP contribution is -2.43. The van der Waals surface area contributed by atoms with E-state index < -0.39 is 17.6 Å². The van der Waals surface area contributed by atoms with Gasteiger partial charge in [0.1, 0.15) is 35.1 Å². The second kappa shape index (κ2) is 15.4. The molecule has 0 unspecified atom stereocenters. The maximum absolute atomic E-state index is 13.2. The molecule has 18 nitrogen and oxygen atoms in total. The van der Waals surface area contributed by atoms with Gasteiger partial charge in [0.2, 0.25) is 0 Å². The predicted octanol–water partition coefficient (Wildman–Crippen LogP) is 5.20. The number of phenolic OH excluding ortho intramolecular Hbond substituents is 2. The highest BCUT2D eigenvalue weighted by molar-refractivity contribution is 6.23. The zero-order valence-corrected chi connectivity index (χ0v) is 32.8. The van der Waals surface area contributed by atoms with Crippen molar-refractivity contribution >= 4 is 35.3 Å². The molecule has 6 heterocycles. The molecule has 0 spiro atoms. The molecule has 0 saturated carbocycles. The lowest BCUT2D eigenvalue weighted by molar-refractivity contribution is -0.123. The van der Waals surface area contributed by atoms with Gasteiger partial charge in [0.25, 0.3) is 11.8 Å². The maximum atomic E-state index is 13.2. The van der Waals surface area contributed by atoms with Crippen LogP contribution in [-0.2, 0) is 35.8 Å². The van der Waals surface area contributed by atoms with Crippen molar-refractivity contribution in [3.8, 4) is 11.5 Å². The summed E-state index contributed by atoms with van der Waals surface area (Å²) in [5.41, 5.74) is 4.65. The molecular weight excluding hydrogens is 749 g/mol. The van der Waals surface area contributed by atoms with Gasteiger partial charge in [-0.2, -0.15) is 10.2 Å². The second-order valence-corrected chi connectivity index (χ2v) is 14.7. The van der Waals surface area contributed by atoms with Crippen LogP contribution < -0.4 is 9.80 Å². The molecule has 2 aliphatic rings. The molecule has 300 valence electrons. The quantitative estimate of drug-likeness (QED) is 0.172. The number of amides is 6. The number of aromatic hydroxyl groups is 2. The van der Waals surface area contributed by atoms with Crippen LogP contribution in [0.1, 0.15) is 59.0 Å². The number of hydrogen-bond acceptors (Lipinski definition) is 12. The highest BCUT2D eigenvalue weighted by Crippen LogP contribution is 2.34. The summed E-state index contributed by atoms with van der Waals surface area (Å²) in [5, 5.41) is 35.7. The number of aryl methyl sites for hydroxylation is 4. The van der Waals surface area contributed by atoms with E-state index in [0.29, 0.717) is 36.0 Å². The molecule has 4 aromatic heterocycles. The number of anilines is 2. The Morgan fingerprint density at radius 2 is 1.17 bits per heavy atom. The third-order valence-corrected chi connectivity index (χ3v) is 10.2. The Morgan fingerprint density at radius 3 is 1.66 bits per heavy atom. The van der Waals surface area contributed by atoms with Crippen LogP contribution in [0, 0.1) is 27.7 Å². The van der Waals surface area contributed by atoms with Gasteiger partial charge in [-0.1, -0.05) is 34.6 Å². The molecule has 2 saturated heterocycles. The summed E-state index contributed by atoms with van der Waals surface area (Å²) in [6.07, 6.45) is 6.31. The van der Waals surface area contributed by atoms with Crippen LogP contribution in [0.25, 0.3) is 0 Å². The first-order chi connectivity index (χ1) is 27.6. The van der Waals surface area contributed by atoms with Crippen LogP contribution in [0.15, 0.2) is 82.4 Å². The summed E-state index contributed by atoms with van der Waals surface area (Å²) in [6.45, 7) is 12.1. The molecule has 18 heteroatoms. The first kappa shape index (κ1) is 39.0. The first-order valence-electron chi connectivity index (χ1n) is 18.3. The summed E-state index contributed by atoms with van der Waals surface area (Å²) in [5.74, 6) is 0.997. The Hall–Kier alpha value is -7.24. The minimum Gasteiger partial charge on any atom is -0.508 e. The minimum absolute atomic E-state index is 0.0243. The van der Waals surface area contributed by atoms with E-state index in [4.69, 9.17) is 9.05 Å². The Labute approximate surface area is 332 Å². The molecule has 0 bridgehead atoms. The van der Waals surface area contributed by atoms with Crippen molar-refractivity contribution in [2.75, 3.05) is 16.3 Å². The van der Waals surface area contributed by atoms with Gasteiger partial charge >= 0.3 is 12.1 Å². The molecule has 2 fully saturated rings. The first-order valence-corrected chi connectivity index (χ1v) is 18.3. The van der Waals surface area contributed by atoms with Crippen molar-refractivity contribution in [1.82, 2.24) is 39.7 Å². The third-order valence-electron chi connectivity index (χ3n) is 10.2. The minimum atomic E-state index is -1.04. The summed E-state index contributed by atoms with van der Waals surface area (Å²) >= 11 is 0. The Bertz CT molecular complexity index is 2490. The molecule has 6 aromatic rings. The molecule has 2 aliphatic heterocycles. The lowest BCUT2D eigenvalue weighted by atomic mass is 10.0. The normalized spacial score (nSPS) is 15.2. The number of phenols is 2. The van der Waals surface area contributed by atoms with Crippen LogP contribution in [0.4, 0.5) is 21.0 Å². The van der Waals surface area contributed by atoms with E-state index in [2.05, 4.69) is 20.5 Å². The number of hydrogen-bond donors (Lipinski definition) is 2. The van der Waals surface area contributed by atoms with Crippen molar-refractivity contribution in [1.29, 1.82) is 0 Å². The Morgan fingerprint density at radius 1 is 0.672 bits per heavy atom. The summed E-state index contributed by atoms with van der Waals surface area (Å²) < 4.78 is 13.6. The summed E-state index contributed by atoms with van der Waals surface area (Å²) in [6, 6.07) is 12.4. The average molecular weight is 791 g/mol. The molecule has 8 rings (SSSR count).